The Morgan fingerprint density at radius 1 is 1.21 bits per heavy atom. The number of carbonyl (C=O) groups is 1. The van der Waals surface area contributed by atoms with Crippen LogP contribution >= 0.6 is 11.6 Å². The number of amides is 1. The molecule has 0 saturated carbocycles. The van der Waals surface area contributed by atoms with E-state index in [1.807, 2.05) is 0 Å². The van der Waals surface area contributed by atoms with Crippen molar-refractivity contribution in [2.75, 3.05) is 37.6 Å². The molecule has 3 aliphatic heterocycles. The average Bonchev–Trinajstić information content (AvgIpc) is 2.72. The molecule has 2 unspecified atom stereocenters. The van der Waals surface area contributed by atoms with Crippen LogP contribution in [0.3, 0.4) is 0 Å². The molecule has 1 aromatic heterocycles. The van der Waals surface area contributed by atoms with Gasteiger partial charge in [0.1, 0.15) is 0 Å². The van der Waals surface area contributed by atoms with Crippen LogP contribution in [0.5, 0.6) is 0 Å². The van der Waals surface area contributed by atoms with Crippen LogP contribution in [0.25, 0.3) is 0 Å². The summed E-state index contributed by atoms with van der Waals surface area (Å²) in [7, 11) is 0. The lowest BCUT2D eigenvalue weighted by atomic mass is 9.81. The molecule has 3 saturated heterocycles. The number of quaternary nitrogens is 1. The molecule has 5 N–H and O–H groups in total. The maximum absolute atomic E-state index is 12.8. The summed E-state index contributed by atoms with van der Waals surface area (Å²) in [6.07, 6.45) is 14.8. The van der Waals surface area contributed by atoms with Crippen LogP contribution < -0.4 is 16.8 Å². The van der Waals surface area contributed by atoms with Gasteiger partial charge in [-0.2, -0.15) is 0 Å². The number of carbonyl (C=O) groups excluding carboxylic acids is 1. The van der Waals surface area contributed by atoms with Crippen LogP contribution in [0.1, 0.15) is 42.6 Å². The van der Waals surface area contributed by atoms with Crippen molar-refractivity contribution in [2.24, 2.45) is 11.8 Å². The molecule has 4 heterocycles. The molecule has 1 aromatic rings. The topological polar surface area (TPSA) is 107 Å². The van der Waals surface area contributed by atoms with E-state index in [0.29, 0.717) is 11.8 Å². The summed E-state index contributed by atoms with van der Waals surface area (Å²) in [5, 5.41) is 3.17. The molecule has 156 valence electrons. The van der Waals surface area contributed by atoms with Crippen molar-refractivity contribution in [1.29, 1.82) is 0 Å². The maximum Gasteiger partial charge on any atom is 0.274 e. The maximum atomic E-state index is 12.8. The normalized spacial score (nSPS) is 30.4. The van der Waals surface area contributed by atoms with Gasteiger partial charge >= 0.3 is 0 Å². The molecule has 8 heteroatoms. The fourth-order valence-corrected chi connectivity index (χ4v) is 5.27. The lowest BCUT2D eigenvalue weighted by Gasteiger charge is -2.53. The molecule has 2 atom stereocenters. The van der Waals surface area contributed by atoms with Crippen molar-refractivity contribution in [2.45, 2.75) is 38.1 Å². The minimum Gasteiger partial charge on any atom is -0.382 e. The third kappa shape index (κ3) is 4.41. The summed E-state index contributed by atoms with van der Waals surface area (Å²) in [6.45, 7) is 4.59. The van der Waals surface area contributed by atoms with Gasteiger partial charge in [-0.25, -0.2) is 9.97 Å². The molecule has 0 radical (unpaired) electrons. The van der Waals surface area contributed by atoms with E-state index in [4.69, 9.17) is 23.1 Å². The Hall–Kier alpha value is -2.12. The van der Waals surface area contributed by atoms with Gasteiger partial charge in [-0.1, -0.05) is 35.9 Å². The van der Waals surface area contributed by atoms with Gasteiger partial charge in [-0.3, -0.25) is 4.79 Å². The third-order valence-electron chi connectivity index (χ3n) is 6.81. The lowest BCUT2D eigenvalue weighted by molar-refractivity contribution is -0.944. The lowest BCUT2D eigenvalue weighted by Crippen LogP contribution is -2.67. The van der Waals surface area contributed by atoms with E-state index in [2.05, 4.69) is 39.6 Å². The number of rotatable bonds is 6. The first-order chi connectivity index (χ1) is 14.0. The molecule has 0 aromatic carbocycles. The number of halogens is 1. The van der Waals surface area contributed by atoms with Crippen molar-refractivity contribution in [3.05, 3.63) is 35.2 Å². The van der Waals surface area contributed by atoms with E-state index in [9.17, 15) is 4.79 Å². The summed E-state index contributed by atoms with van der Waals surface area (Å²) in [5.41, 5.74) is 11.5. The largest absolute Gasteiger partial charge is 0.382 e. The minimum atomic E-state index is -0.312. The van der Waals surface area contributed by atoms with Crippen molar-refractivity contribution >= 4 is 29.1 Å². The smallest absolute Gasteiger partial charge is 0.274 e. The van der Waals surface area contributed by atoms with Crippen molar-refractivity contribution < 1.29 is 9.28 Å². The van der Waals surface area contributed by atoms with E-state index in [1.165, 1.54) is 32.5 Å². The van der Waals surface area contributed by atoms with E-state index >= 15 is 0 Å². The van der Waals surface area contributed by atoms with Gasteiger partial charge in [0.2, 0.25) is 0 Å². The predicted molar refractivity (Wildman–Crippen MR) is 115 cm³/mol. The van der Waals surface area contributed by atoms with Gasteiger partial charge in [0.05, 0.1) is 32.2 Å². The summed E-state index contributed by atoms with van der Waals surface area (Å²) in [6, 6.07) is 0.139. The Morgan fingerprint density at radius 3 is 2.72 bits per heavy atom. The molecule has 1 amide bonds. The number of hydrogen-bond donors (Lipinski definition) is 3. The van der Waals surface area contributed by atoms with Crippen LogP contribution in [0.4, 0.5) is 11.6 Å². The molecule has 3 fully saturated rings. The molecule has 7 nitrogen and oxygen atoms in total. The highest BCUT2D eigenvalue weighted by Gasteiger charge is 2.46. The zero-order valence-corrected chi connectivity index (χ0v) is 17.4. The zero-order chi connectivity index (χ0) is 20.4. The Bertz CT molecular complexity index is 831. The number of nitrogens with two attached hydrogens (primary N) is 2. The number of anilines is 2. The number of hydrogen-bond acceptors (Lipinski definition) is 5. The predicted octanol–water partition coefficient (Wildman–Crippen LogP) is 2.55. The molecular formula is C21H30ClN6O+. The number of nitrogens with one attached hydrogen (secondary N) is 1. The summed E-state index contributed by atoms with van der Waals surface area (Å²) < 4.78 is 1.11. The van der Waals surface area contributed by atoms with Gasteiger partial charge in [0, 0.05) is 12.8 Å². The highest BCUT2D eigenvalue weighted by Crippen LogP contribution is 2.35. The number of allylic oxidation sites excluding steroid dienone is 4. The first kappa shape index (κ1) is 20.2. The second-order valence-corrected chi connectivity index (χ2v) is 9.06. The SMILES string of the molecule is Nc1nc(N)c(C(=O)NC2C[N+]3(CCCC4C=CC=CC4)CCC2CC3)nc1Cl. The van der Waals surface area contributed by atoms with Gasteiger partial charge in [0.25, 0.3) is 5.91 Å². The fraction of sp³-hybridized carbons (Fsp3) is 0.571. The summed E-state index contributed by atoms with van der Waals surface area (Å²) in [4.78, 5) is 20.7. The van der Waals surface area contributed by atoms with Gasteiger partial charge < -0.3 is 21.3 Å². The Morgan fingerprint density at radius 2 is 2.00 bits per heavy atom. The average molecular weight is 418 g/mol. The van der Waals surface area contributed by atoms with Crippen molar-refractivity contribution in [3.63, 3.8) is 0 Å². The molecular weight excluding hydrogens is 388 g/mol. The number of aromatic nitrogens is 2. The molecule has 4 aliphatic rings. The van der Waals surface area contributed by atoms with Crippen LogP contribution in [0.15, 0.2) is 24.3 Å². The van der Waals surface area contributed by atoms with Gasteiger partial charge in [-0.15, -0.1) is 0 Å². The van der Waals surface area contributed by atoms with E-state index in [-0.39, 0.29) is 34.4 Å². The zero-order valence-electron chi connectivity index (χ0n) is 16.7. The number of piperidine rings is 3. The van der Waals surface area contributed by atoms with Crippen molar-refractivity contribution in [1.82, 2.24) is 15.3 Å². The Kier molecular flexibility index (Phi) is 5.79. The van der Waals surface area contributed by atoms with Crippen LogP contribution in [-0.4, -0.2) is 52.6 Å². The van der Waals surface area contributed by atoms with E-state index < -0.39 is 0 Å². The second-order valence-electron chi connectivity index (χ2n) is 8.70. The molecule has 2 bridgehead atoms. The van der Waals surface area contributed by atoms with Crippen LogP contribution in [-0.2, 0) is 0 Å². The minimum absolute atomic E-state index is 0.00775. The number of nitrogen functional groups attached to an aromatic ring is 2. The third-order valence-corrected chi connectivity index (χ3v) is 7.09. The monoisotopic (exact) mass is 417 g/mol. The quantitative estimate of drug-likeness (QED) is 0.616. The van der Waals surface area contributed by atoms with Gasteiger partial charge in [-0.05, 0) is 31.1 Å². The Labute approximate surface area is 176 Å². The summed E-state index contributed by atoms with van der Waals surface area (Å²) >= 11 is 5.93. The molecule has 0 spiro atoms. The molecule has 1 aliphatic carbocycles. The number of nitrogens with zero attached hydrogens (tertiary/aromatic N) is 3. The number of fused-ring (bicyclic) bond motifs is 3. The molecule has 29 heavy (non-hydrogen) atoms. The first-order valence-electron chi connectivity index (χ1n) is 10.5. The highest BCUT2D eigenvalue weighted by molar-refractivity contribution is 6.31. The van der Waals surface area contributed by atoms with Crippen LogP contribution in [0.2, 0.25) is 5.15 Å². The fourth-order valence-electron chi connectivity index (χ4n) is 5.15. The summed E-state index contributed by atoms with van der Waals surface area (Å²) in [5.74, 6) is 0.935. The van der Waals surface area contributed by atoms with E-state index in [0.717, 1.165) is 30.3 Å². The second kappa shape index (κ2) is 8.32. The van der Waals surface area contributed by atoms with Crippen molar-refractivity contribution in [3.8, 4) is 0 Å². The van der Waals surface area contributed by atoms with E-state index in [1.54, 1.807) is 0 Å². The first-order valence-corrected chi connectivity index (χ1v) is 10.9. The van der Waals surface area contributed by atoms with Crippen LogP contribution in [0, 0.1) is 11.8 Å². The highest BCUT2D eigenvalue weighted by atomic mass is 35.5. The standard InChI is InChI=1S/C21H29ClN6O/c22-18-20(24)27-19(23)17(26-18)21(29)25-16-13-28(11-8-15(16)9-12-28)10-4-7-14-5-2-1-3-6-14/h1-3,5,14-16H,4,6-13H2,(H4-,23,24,25,27,29)/p+1. The Balaban J connectivity index is 1.36. The van der Waals surface area contributed by atoms with Gasteiger partial charge in [0.15, 0.2) is 22.5 Å². The molecule has 5 rings (SSSR count).